The van der Waals surface area contributed by atoms with E-state index in [1.54, 1.807) is 24.3 Å². The number of nitrogens with zero attached hydrogens (tertiary/aromatic N) is 3. The second kappa shape index (κ2) is 9.49. The number of rotatable bonds is 5. The summed E-state index contributed by atoms with van der Waals surface area (Å²) in [7, 11) is 0. The van der Waals surface area contributed by atoms with Crippen molar-refractivity contribution in [1.82, 2.24) is 14.5 Å². The Labute approximate surface area is 167 Å². The van der Waals surface area contributed by atoms with Crippen LogP contribution in [0.3, 0.4) is 0 Å². The van der Waals surface area contributed by atoms with Gasteiger partial charge in [0, 0.05) is 13.1 Å². The highest BCUT2D eigenvalue weighted by Crippen LogP contribution is 2.30. The van der Waals surface area contributed by atoms with E-state index in [2.05, 4.69) is 4.98 Å². The first-order valence-electron chi connectivity index (χ1n) is 9.52. The number of amides is 1. The summed E-state index contributed by atoms with van der Waals surface area (Å²) in [5.74, 6) is 0.0676. The average molecular weight is 411 g/mol. The van der Waals surface area contributed by atoms with Crippen LogP contribution in [0.2, 0.25) is 0 Å². The van der Waals surface area contributed by atoms with Crippen LogP contribution in [0, 0.1) is 0 Å². The van der Waals surface area contributed by atoms with Gasteiger partial charge in [0.15, 0.2) is 5.16 Å². The van der Waals surface area contributed by atoms with E-state index in [0.717, 1.165) is 55.1 Å². The third kappa shape index (κ3) is 5.77. The average Bonchev–Trinajstić information content (AvgIpc) is 3.01. The molecule has 1 aliphatic rings. The summed E-state index contributed by atoms with van der Waals surface area (Å²) < 4.78 is 40.6. The van der Waals surface area contributed by atoms with Crippen molar-refractivity contribution in [2.45, 2.75) is 50.0 Å². The lowest BCUT2D eigenvalue weighted by molar-refractivity contribution is -0.141. The van der Waals surface area contributed by atoms with Crippen LogP contribution >= 0.6 is 11.8 Å². The maximum Gasteiger partial charge on any atom is 0.406 e. The van der Waals surface area contributed by atoms with Crippen molar-refractivity contribution >= 4 is 17.7 Å². The Morgan fingerprint density at radius 1 is 1.04 bits per heavy atom. The molecule has 8 heteroatoms. The van der Waals surface area contributed by atoms with Crippen LogP contribution in [0.5, 0.6) is 0 Å². The quantitative estimate of drug-likeness (QED) is 0.650. The molecule has 0 saturated carbocycles. The van der Waals surface area contributed by atoms with E-state index in [0.29, 0.717) is 11.3 Å². The highest BCUT2D eigenvalue weighted by Gasteiger charge is 2.31. The Morgan fingerprint density at radius 3 is 2.32 bits per heavy atom. The van der Waals surface area contributed by atoms with Gasteiger partial charge in [-0.2, -0.15) is 13.2 Å². The lowest BCUT2D eigenvalue weighted by atomic mass is 10.1. The molecule has 0 radical (unpaired) electrons. The Kier molecular flexibility index (Phi) is 7.04. The summed E-state index contributed by atoms with van der Waals surface area (Å²) in [4.78, 5) is 18.6. The van der Waals surface area contributed by atoms with Gasteiger partial charge in [-0.15, -0.1) is 0 Å². The highest BCUT2D eigenvalue weighted by molar-refractivity contribution is 7.99. The standard InChI is InChI=1S/C20H24F3N3OS/c21-20(22,23)15-26-17(16-9-5-4-6-10-16)13-24-19(26)28-14-18(27)25-11-7-2-1-3-8-12-25/h4-6,9-10,13H,1-3,7-8,11-12,14-15H2. The Hall–Kier alpha value is -1.96. The first-order valence-corrected chi connectivity index (χ1v) is 10.5. The van der Waals surface area contributed by atoms with Gasteiger partial charge in [-0.05, 0) is 18.4 Å². The van der Waals surface area contributed by atoms with Crippen molar-refractivity contribution in [2.24, 2.45) is 0 Å². The summed E-state index contributed by atoms with van der Waals surface area (Å²) >= 11 is 1.08. The lowest BCUT2D eigenvalue weighted by Gasteiger charge is -2.24. The summed E-state index contributed by atoms with van der Waals surface area (Å²) in [6, 6.07) is 8.87. The third-order valence-electron chi connectivity index (χ3n) is 4.76. The van der Waals surface area contributed by atoms with Gasteiger partial charge < -0.3 is 9.47 Å². The normalized spacial score (nSPS) is 15.9. The first kappa shape index (κ1) is 20.8. The predicted molar refractivity (Wildman–Crippen MR) is 104 cm³/mol. The number of hydrogen-bond donors (Lipinski definition) is 0. The summed E-state index contributed by atoms with van der Waals surface area (Å²) in [5, 5.41) is 0.219. The van der Waals surface area contributed by atoms with Gasteiger partial charge in [0.2, 0.25) is 5.91 Å². The molecule has 1 aromatic heterocycles. The van der Waals surface area contributed by atoms with Gasteiger partial charge in [-0.25, -0.2) is 4.98 Å². The number of hydrogen-bond acceptors (Lipinski definition) is 3. The minimum absolute atomic E-state index is 0.0327. The maximum absolute atomic E-state index is 13.1. The van der Waals surface area contributed by atoms with Gasteiger partial charge in [0.1, 0.15) is 6.54 Å². The number of likely N-dealkylation sites (tertiary alicyclic amines) is 1. The Balaban J connectivity index is 1.74. The SMILES string of the molecule is O=C(CSc1ncc(-c2ccccc2)n1CC(F)(F)F)N1CCCCCCC1. The van der Waals surface area contributed by atoms with Crippen LogP contribution in [0.25, 0.3) is 11.3 Å². The molecule has 0 bridgehead atoms. The summed E-state index contributed by atoms with van der Waals surface area (Å²) in [5.41, 5.74) is 1.07. The largest absolute Gasteiger partial charge is 0.406 e. The minimum Gasteiger partial charge on any atom is -0.342 e. The molecule has 1 saturated heterocycles. The smallest absolute Gasteiger partial charge is 0.342 e. The van der Waals surface area contributed by atoms with E-state index in [1.165, 1.54) is 12.6 Å². The number of thioether (sulfide) groups is 1. The zero-order valence-electron chi connectivity index (χ0n) is 15.6. The molecule has 0 aliphatic carbocycles. The number of carbonyl (C=O) groups excluding carboxylic acids is 1. The molecule has 3 rings (SSSR count). The maximum atomic E-state index is 13.1. The molecule has 1 aromatic carbocycles. The van der Waals surface area contributed by atoms with Gasteiger partial charge >= 0.3 is 6.18 Å². The van der Waals surface area contributed by atoms with E-state index < -0.39 is 12.7 Å². The van der Waals surface area contributed by atoms with Crippen LogP contribution in [0.15, 0.2) is 41.7 Å². The highest BCUT2D eigenvalue weighted by atomic mass is 32.2. The van der Waals surface area contributed by atoms with Crippen LogP contribution in [-0.2, 0) is 11.3 Å². The summed E-state index contributed by atoms with van der Waals surface area (Å²) in [6.45, 7) is 0.328. The van der Waals surface area contributed by atoms with Crippen LogP contribution in [0.1, 0.15) is 32.1 Å². The molecule has 1 fully saturated rings. The fraction of sp³-hybridized carbons (Fsp3) is 0.500. The molecule has 0 atom stereocenters. The summed E-state index contributed by atoms with van der Waals surface area (Å²) in [6.07, 6.45) is 2.49. The predicted octanol–water partition coefficient (Wildman–Crippen LogP) is 5.00. The van der Waals surface area contributed by atoms with Gasteiger partial charge in [-0.1, -0.05) is 61.4 Å². The second-order valence-corrected chi connectivity index (χ2v) is 7.87. The van der Waals surface area contributed by atoms with Crippen LogP contribution in [0.4, 0.5) is 13.2 Å². The molecule has 0 N–H and O–H groups in total. The molecule has 152 valence electrons. The Morgan fingerprint density at radius 2 is 1.68 bits per heavy atom. The molecule has 0 unspecified atom stereocenters. The van der Waals surface area contributed by atoms with Crippen molar-refractivity contribution in [3.63, 3.8) is 0 Å². The zero-order valence-corrected chi connectivity index (χ0v) is 16.4. The number of carbonyl (C=O) groups is 1. The number of imidazole rings is 1. The molecule has 1 aliphatic heterocycles. The molecular formula is C20H24F3N3OS. The van der Waals surface area contributed by atoms with E-state index >= 15 is 0 Å². The van der Waals surface area contributed by atoms with Crippen molar-refractivity contribution in [3.05, 3.63) is 36.5 Å². The molecular weight excluding hydrogens is 387 g/mol. The Bertz CT molecular complexity index is 769. The van der Waals surface area contributed by atoms with Crippen molar-refractivity contribution < 1.29 is 18.0 Å². The molecule has 0 spiro atoms. The van der Waals surface area contributed by atoms with Gasteiger partial charge in [0.05, 0.1) is 17.6 Å². The number of alkyl halides is 3. The molecule has 2 heterocycles. The first-order chi connectivity index (χ1) is 13.4. The fourth-order valence-electron chi connectivity index (χ4n) is 3.36. The lowest BCUT2D eigenvalue weighted by Crippen LogP contribution is -2.35. The van der Waals surface area contributed by atoms with Crippen molar-refractivity contribution in [3.8, 4) is 11.3 Å². The van der Waals surface area contributed by atoms with Crippen molar-refractivity contribution in [1.29, 1.82) is 0 Å². The topological polar surface area (TPSA) is 38.1 Å². The number of aromatic nitrogens is 2. The fourth-order valence-corrected chi connectivity index (χ4v) is 4.24. The molecule has 1 amide bonds. The molecule has 4 nitrogen and oxygen atoms in total. The zero-order chi connectivity index (χ0) is 20.0. The van der Waals surface area contributed by atoms with E-state index in [4.69, 9.17) is 0 Å². The second-order valence-electron chi connectivity index (χ2n) is 6.93. The van der Waals surface area contributed by atoms with E-state index in [-0.39, 0.29) is 16.8 Å². The molecule has 2 aromatic rings. The molecule has 28 heavy (non-hydrogen) atoms. The van der Waals surface area contributed by atoms with Gasteiger partial charge in [-0.3, -0.25) is 4.79 Å². The monoisotopic (exact) mass is 411 g/mol. The van der Waals surface area contributed by atoms with Crippen molar-refractivity contribution in [2.75, 3.05) is 18.8 Å². The third-order valence-corrected chi connectivity index (χ3v) is 5.73. The number of halogens is 3. The number of benzene rings is 1. The van der Waals surface area contributed by atoms with Gasteiger partial charge in [0.25, 0.3) is 0 Å². The van der Waals surface area contributed by atoms with Crippen LogP contribution in [-0.4, -0.2) is 45.4 Å². The minimum atomic E-state index is -4.37. The van der Waals surface area contributed by atoms with Crippen LogP contribution < -0.4 is 0 Å². The van der Waals surface area contributed by atoms with E-state index in [9.17, 15) is 18.0 Å². The van der Waals surface area contributed by atoms with E-state index in [1.807, 2.05) is 11.0 Å².